The molecule has 3 rings (SSSR count). The third-order valence-electron chi connectivity index (χ3n) is 5.51. The molecule has 0 aliphatic carbocycles. The van der Waals surface area contributed by atoms with Crippen molar-refractivity contribution in [2.45, 2.75) is 31.4 Å². The summed E-state index contributed by atoms with van der Waals surface area (Å²) < 4.78 is 30.0. The first-order valence-corrected chi connectivity index (χ1v) is 12.7. The maximum Gasteiger partial charge on any atom is 0.193 e. The molecule has 0 spiro atoms. The Balaban J connectivity index is 0.00000363. The first kappa shape index (κ1) is 26.4. The zero-order valence-corrected chi connectivity index (χ0v) is 22.0. The number of likely N-dealkylation sites (tertiary alicyclic amines) is 1. The number of hydrogen-bond acceptors (Lipinski definition) is 4. The smallest absolute Gasteiger partial charge is 0.193 e. The highest BCUT2D eigenvalue weighted by Crippen LogP contribution is 2.28. The van der Waals surface area contributed by atoms with Gasteiger partial charge in [0.2, 0.25) is 0 Å². The lowest BCUT2D eigenvalue weighted by atomic mass is 9.98. The van der Waals surface area contributed by atoms with Gasteiger partial charge < -0.3 is 15.0 Å². The second-order valence-corrected chi connectivity index (χ2v) is 10.1. The number of nitrogens with one attached hydrogen (secondary N) is 1. The number of hydrogen-bond donors (Lipinski definition) is 1. The van der Waals surface area contributed by atoms with Crippen LogP contribution in [0.4, 0.5) is 0 Å². The van der Waals surface area contributed by atoms with Gasteiger partial charge >= 0.3 is 0 Å². The van der Waals surface area contributed by atoms with Crippen LogP contribution in [-0.2, 0) is 15.6 Å². The van der Waals surface area contributed by atoms with Gasteiger partial charge in [0.05, 0.1) is 18.6 Å². The predicted molar refractivity (Wildman–Crippen MR) is 142 cm³/mol. The lowest BCUT2D eigenvalue weighted by Gasteiger charge is -2.22. The number of methoxy groups -OCH3 is 1. The number of benzene rings is 2. The fraction of sp³-hybridized carbons (Fsp3) is 0.458. The Kier molecular flexibility index (Phi) is 10.8. The summed E-state index contributed by atoms with van der Waals surface area (Å²) in [5.41, 5.74) is 2.15. The summed E-state index contributed by atoms with van der Waals surface area (Å²) >= 11 is 0. The SMILES string of the molecule is CCNC(=NCCCS(=O)(=O)Cc1ccccc1)N1CCC(c2ccc(OC)cc2)C1.I. The van der Waals surface area contributed by atoms with Crippen molar-refractivity contribution in [3.8, 4) is 5.75 Å². The van der Waals surface area contributed by atoms with Crippen molar-refractivity contribution in [2.24, 2.45) is 4.99 Å². The number of guanidine groups is 1. The van der Waals surface area contributed by atoms with Crippen LogP contribution in [0.3, 0.4) is 0 Å². The molecule has 0 amide bonds. The molecule has 0 bridgehead atoms. The van der Waals surface area contributed by atoms with E-state index in [1.165, 1.54) is 5.56 Å². The number of sulfone groups is 1. The highest BCUT2D eigenvalue weighted by atomic mass is 127. The van der Waals surface area contributed by atoms with Crippen LogP contribution in [0.1, 0.15) is 36.8 Å². The Morgan fingerprint density at radius 2 is 1.88 bits per heavy atom. The van der Waals surface area contributed by atoms with E-state index in [1.807, 2.05) is 42.5 Å². The lowest BCUT2D eigenvalue weighted by Crippen LogP contribution is -2.40. The Morgan fingerprint density at radius 1 is 1.16 bits per heavy atom. The molecule has 1 saturated heterocycles. The van der Waals surface area contributed by atoms with Gasteiger partial charge in [0.25, 0.3) is 0 Å². The van der Waals surface area contributed by atoms with Crippen molar-refractivity contribution < 1.29 is 13.2 Å². The van der Waals surface area contributed by atoms with Crippen LogP contribution in [0.5, 0.6) is 5.75 Å². The molecule has 1 fully saturated rings. The van der Waals surface area contributed by atoms with E-state index in [2.05, 4.69) is 29.3 Å². The van der Waals surface area contributed by atoms with Crippen LogP contribution in [0, 0.1) is 0 Å². The lowest BCUT2D eigenvalue weighted by molar-refractivity contribution is 0.414. The number of rotatable bonds is 9. The van der Waals surface area contributed by atoms with E-state index in [1.54, 1.807) is 7.11 Å². The molecular formula is C24H34IN3O3S. The fourth-order valence-corrected chi connectivity index (χ4v) is 5.31. The monoisotopic (exact) mass is 571 g/mol. The zero-order chi connectivity index (χ0) is 22.1. The van der Waals surface area contributed by atoms with Gasteiger partial charge in [0, 0.05) is 32.1 Å². The van der Waals surface area contributed by atoms with Gasteiger partial charge in [-0.1, -0.05) is 42.5 Å². The molecule has 1 N–H and O–H groups in total. The molecule has 8 heteroatoms. The molecule has 0 aromatic heterocycles. The molecule has 0 saturated carbocycles. The van der Waals surface area contributed by atoms with Gasteiger partial charge in [0.15, 0.2) is 15.8 Å². The Hall–Kier alpha value is -1.81. The van der Waals surface area contributed by atoms with Crippen molar-refractivity contribution in [1.82, 2.24) is 10.2 Å². The van der Waals surface area contributed by atoms with Crippen molar-refractivity contribution >= 4 is 39.8 Å². The Bertz CT molecular complexity index is 950. The molecule has 2 aromatic carbocycles. The van der Waals surface area contributed by atoms with E-state index in [0.29, 0.717) is 18.9 Å². The molecule has 0 radical (unpaired) electrons. The summed E-state index contributed by atoms with van der Waals surface area (Å²) in [6, 6.07) is 17.6. The van der Waals surface area contributed by atoms with Gasteiger partial charge in [-0.2, -0.15) is 0 Å². The highest BCUT2D eigenvalue weighted by molar-refractivity contribution is 14.0. The maximum atomic E-state index is 12.4. The predicted octanol–water partition coefficient (Wildman–Crippen LogP) is 4.07. The first-order chi connectivity index (χ1) is 15.0. The van der Waals surface area contributed by atoms with Gasteiger partial charge in [-0.3, -0.25) is 4.99 Å². The Labute approximate surface area is 209 Å². The van der Waals surface area contributed by atoms with Crippen molar-refractivity contribution in [1.29, 1.82) is 0 Å². The number of ether oxygens (including phenoxy) is 1. The number of nitrogens with zero attached hydrogens (tertiary/aromatic N) is 2. The standard InChI is InChI=1S/C24H33N3O3S.HI/c1-3-25-24(26-15-7-17-31(28,29)19-20-8-5-4-6-9-20)27-16-14-22(18-27)21-10-12-23(30-2)13-11-21;/h4-6,8-13,22H,3,7,14-19H2,1-2H3,(H,25,26);1H. The minimum atomic E-state index is -3.13. The highest BCUT2D eigenvalue weighted by Gasteiger charge is 2.26. The van der Waals surface area contributed by atoms with E-state index in [4.69, 9.17) is 9.73 Å². The Morgan fingerprint density at radius 3 is 2.53 bits per heavy atom. The summed E-state index contributed by atoms with van der Waals surface area (Å²) in [6.45, 7) is 5.19. The zero-order valence-electron chi connectivity index (χ0n) is 18.9. The van der Waals surface area contributed by atoms with E-state index in [-0.39, 0.29) is 35.5 Å². The fourth-order valence-electron chi connectivity index (χ4n) is 3.90. The largest absolute Gasteiger partial charge is 0.497 e. The molecular weight excluding hydrogens is 537 g/mol. The summed E-state index contributed by atoms with van der Waals surface area (Å²) in [6.07, 6.45) is 1.60. The van der Waals surface area contributed by atoms with E-state index in [9.17, 15) is 8.42 Å². The third-order valence-corrected chi connectivity index (χ3v) is 7.20. The second-order valence-electron chi connectivity index (χ2n) is 7.87. The van der Waals surface area contributed by atoms with Gasteiger partial charge in [-0.15, -0.1) is 24.0 Å². The van der Waals surface area contributed by atoms with Crippen LogP contribution >= 0.6 is 24.0 Å². The van der Waals surface area contributed by atoms with Gasteiger partial charge in [-0.25, -0.2) is 8.42 Å². The molecule has 2 aromatic rings. The second kappa shape index (κ2) is 13.0. The van der Waals surface area contributed by atoms with Crippen LogP contribution in [-0.4, -0.2) is 58.3 Å². The summed E-state index contributed by atoms with van der Waals surface area (Å²) in [5, 5.41) is 3.36. The van der Waals surface area contributed by atoms with Crippen LogP contribution in [0.25, 0.3) is 0 Å². The number of aliphatic imine (C=N–C) groups is 1. The molecule has 176 valence electrons. The van der Waals surface area contributed by atoms with Crippen LogP contribution in [0.15, 0.2) is 59.6 Å². The third kappa shape index (κ3) is 7.95. The number of halogens is 1. The quantitative estimate of drug-likeness (QED) is 0.213. The van der Waals surface area contributed by atoms with Crippen LogP contribution in [0.2, 0.25) is 0 Å². The summed E-state index contributed by atoms with van der Waals surface area (Å²) in [5.74, 6) is 2.45. The molecule has 32 heavy (non-hydrogen) atoms. The summed E-state index contributed by atoms with van der Waals surface area (Å²) in [4.78, 5) is 6.98. The van der Waals surface area contributed by atoms with Crippen molar-refractivity contribution in [3.05, 3.63) is 65.7 Å². The topological polar surface area (TPSA) is 71.0 Å². The van der Waals surface area contributed by atoms with Crippen LogP contribution < -0.4 is 10.1 Å². The average Bonchev–Trinajstić information content (AvgIpc) is 3.26. The minimum Gasteiger partial charge on any atom is -0.497 e. The average molecular weight is 572 g/mol. The van der Waals surface area contributed by atoms with E-state index < -0.39 is 9.84 Å². The maximum absolute atomic E-state index is 12.4. The van der Waals surface area contributed by atoms with Crippen molar-refractivity contribution in [2.75, 3.05) is 39.0 Å². The molecule has 1 aliphatic rings. The normalized spacial score (nSPS) is 16.5. The van der Waals surface area contributed by atoms with Gasteiger partial charge in [-0.05, 0) is 43.0 Å². The molecule has 6 nitrogen and oxygen atoms in total. The van der Waals surface area contributed by atoms with Gasteiger partial charge in [0.1, 0.15) is 5.75 Å². The molecule has 1 aliphatic heterocycles. The van der Waals surface area contributed by atoms with E-state index >= 15 is 0 Å². The molecule has 1 atom stereocenters. The molecule has 1 unspecified atom stereocenters. The van der Waals surface area contributed by atoms with E-state index in [0.717, 1.165) is 43.3 Å². The van der Waals surface area contributed by atoms with Crippen molar-refractivity contribution in [3.63, 3.8) is 0 Å². The molecule has 1 heterocycles. The first-order valence-electron chi connectivity index (χ1n) is 10.9. The minimum absolute atomic E-state index is 0. The summed E-state index contributed by atoms with van der Waals surface area (Å²) in [7, 11) is -1.45.